The van der Waals surface area contributed by atoms with Gasteiger partial charge in [0.05, 0.1) is 12.7 Å². The van der Waals surface area contributed by atoms with E-state index in [0.29, 0.717) is 15.9 Å². The smallest absolute Gasteiger partial charge is 0.259 e. The number of benzene rings is 1. The van der Waals surface area contributed by atoms with Crippen LogP contribution in [0.25, 0.3) is 0 Å². The molecule has 0 saturated heterocycles. The van der Waals surface area contributed by atoms with Crippen LogP contribution in [-0.4, -0.2) is 25.0 Å². The topological polar surface area (TPSA) is 42.4 Å². The van der Waals surface area contributed by atoms with E-state index in [2.05, 4.69) is 20.9 Å². The second-order valence-electron chi connectivity index (χ2n) is 3.94. The number of aromatic nitrogens is 1. The van der Waals surface area contributed by atoms with Crippen molar-refractivity contribution in [1.29, 1.82) is 0 Å². The number of carbonyl (C=O) groups excluding carboxylic acids is 1. The molecule has 0 aliphatic heterocycles. The molecular formula is C14H13BrN2O2. The van der Waals surface area contributed by atoms with Gasteiger partial charge in [-0.3, -0.25) is 4.79 Å². The molecule has 0 N–H and O–H groups in total. The highest BCUT2D eigenvalue weighted by Crippen LogP contribution is 2.21. The molecule has 2 aromatic rings. The summed E-state index contributed by atoms with van der Waals surface area (Å²) in [7, 11) is 3.32. The van der Waals surface area contributed by atoms with Crippen LogP contribution >= 0.6 is 15.9 Å². The van der Waals surface area contributed by atoms with Crippen LogP contribution in [0, 0.1) is 0 Å². The first-order chi connectivity index (χ1) is 9.11. The predicted molar refractivity (Wildman–Crippen MR) is 77.7 cm³/mol. The van der Waals surface area contributed by atoms with E-state index in [0.717, 1.165) is 5.69 Å². The van der Waals surface area contributed by atoms with Gasteiger partial charge in [-0.05, 0) is 40.2 Å². The van der Waals surface area contributed by atoms with E-state index in [4.69, 9.17) is 4.74 Å². The molecule has 0 spiro atoms. The number of pyridine rings is 1. The second kappa shape index (κ2) is 5.84. The number of rotatable bonds is 3. The number of hydrogen-bond donors (Lipinski definition) is 0. The van der Waals surface area contributed by atoms with Crippen LogP contribution in [0.5, 0.6) is 5.75 Å². The van der Waals surface area contributed by atoms with Gasteiger partial charge in [0.15, 0.2) is 0 Å². The lowest BCUT2D eigenvalue weighted by Crippen LogP contribution is -2.26. The fraction of sp³-hybridized carbons (Fsp3) is 0.143. The van der Waals surface area contributed by atoms with Gasteiger partial charge in [0.25, 0.3) is 5.91 Å². The van der Waals surface area contributed by atoms with Crippen molar-refractivity contribution in [3.05, 3.63) is 52.8 Å². The van der Waals surface area contributed by atoms with Crippen molar-refractivity contribution in [2.24, 2.45) is 0 Å². The van der Waals surface area contributed by atoms with Crippen molar-refractivity contribution < 1.29 is 9.53 Å². The molecule has 1 amide bonds. The van der Waals surface area contributed by atoms with Crippen molar-refractivity contribution in [1.82, 2.24) is 4.98 Å². The minimum absolute atomic E-state index is 0.117. The maximum absolute atomic E-state index is 12.3. The molecule has 5 heteroatoms. The van der Waals surface area contributed by atoms with E-state index >= 15 is 0 Å². The maximum atomic E-state index is 12.3. The third kappa shape index (κ3) is 3.12. The summed E-state index contributed by atoms with van der Waals surface area (Å²) in [6, 6.07) is 10.8. The number of methoxy groups -OCH3 is 1. The van der Waals surface area contributed by atoms with E-state index in [1.54, 1.807) is 37.4 Å². The Labute approximate surface area is 120 Å². The number of amides is 1. The number of ether oxygens (including phenoxy) is 1. The first-order valence-electron chi connectivity index (χ1n) is 5.65. The Balaban J connectivity index is 2.25. The van der Waals surface area contributed by atoms with Gasteiger partial charge in [0.1, 0.15) is 10.4 Å². The lowest BCUT2D eigenvalue weighted by Gasteiger charge is -2.17. The van der Waals surface area contributed by atoms with Gasteiger partial charge in [-0.15, -0.1) is 0 Å². The fourth-order valence-corrected chi connectivity index (χ4v) is 1.87. The van der Waals surface area contributed by atoms with Gasteiger partial charge < -0.3 is 9.64 Å². The van der Waals surface area contributed by atoms with Crippen LogP contribution in [0.1, 0.15) is 10.4 Å². The number of carbonyl (C=O) groups is 1. The minimum Gasteiger partial charge on any atom is -0.497 e. The first-order valence-corrected chi connectivity index (χ1v) is 6.45. The molecule has 0 aliphatic rings. The molecule has 0 unspecified atom stereocenters. The Hall–Kier alpha value is -1.88. The van der Waals surface area contributed by atoms with Crippen LogP contribution in [0.15, 0.2) is 47.2 Å². The van der Waals surface area contributed by atoms with E-state index in [1.165, 1.54) is 0 Å². The third-order valence-corrected chi connectivity index (χ3v) is 3.19. The highest BCUT2D eigenvalue weighted by atomic mass is 79.9. The summed E-state index contributed by atoms with van der Waals surface area (Å²) in [5, 5.41) is 0. The Morgan fingerprint density at radius 1 is 1.32 bits per heavy atom. The lowest BCUT2D eigenvalue weighted by molar-refractivity contribution is 0.0992. The summed E-state index contributed by atoms with van der Waals surface area (Å²) in [5.74, 6) is 0.597. The fourth-order valence-electron chi connectivity index (χ4n) is 1.63. The number of halogens is 1. The molecule has 0 saturated carbocycles. The average Bonchev–Trinajstić information content (AvgIpc) is 2.46. The summed E-state index contributed by atoms with van der Waals surface area (Å²) in [6.07, 6.45) is 1.54. The van der Waals surface area contributed by atoms with Gasteiger partial charge in [-0.1, -0.05) is 6.07 Å². The second-order valence-corrected chi connectivity index (χ2v) is 4.75. The molecule has 1 aromatic carbocycles. The Bertz CT molecular complexity index is 584. The normalized spacial score (nSPS) is 10.1. The quantitative estimate of drug-likeness (QED) is 0.816. The van der Waals surface area contributed by atoms with E-state index in [9.17, 15) is 4.79 Å². The Kier molecular flexibility index (Phi) is 4.16. The van der Waals surface area contributed by atoms with Gasteiger partial charge in [0.2, 0.25) is 0 Å². The molecule has 0 bridgehead atoms. The summed E-state index contributed by atoms with van der Waals surface area (Å²) >= 11 is 3.24. The van der Waals surface area contributed by atoms with E-state index in [1.807, 2.05) is 24.3 Å². The SMILES string of the molecule is COc1cccc(N(C)C(=O)c2ccc(Br)nc2)c1. The van der Waals surface area contributed by atoms with Crippen molar-refractivity contribution in [3.8, 4) is 5.75 Å². The Morgan fingerprint density at radius 2 is 2.11 bits per heavy atom. The van der Waals surface area contributed by atoms with Crippen LogP contribution in [0.2, 0.25) is 0 Å². The summed E-state index contributed by atoms with van der Waals surface area (Å²) in [5.41, 5.74) is 1.31. The van der Waals surface area contributed by atoms with Crippen LogP contribution in [0.3, 0.4) is 0 Å². The van der Waals surface area contributed by atoms with Gasteiger partial charge in [-0.2, -0.15) is 0 Å². The average molecular weight is 321 g/mol. The molecule has 0 aliphatic carbocycles. The molecule has 1 heterocycles. The first kappa shape index (κ1) is 13.5. The van der Waals surface area contributed by atoms with E-state index in [-0.39, 0.29) is 5.91 Å². The Morgan fingerprint density at radius 3 is 2.74 bits per heavy atom. The van der Waals surface area contributed by atoms with Crippen molar-refractivity contribution in [2.45, 2.75) is 0 Å². The summed E-state index contributed by atoms with van der Waals surface area (Å²) in [6.45, 7) is 0. The van der Waals surface area contributed by atoms with E-state index < -0.39 is 0 Å². The molecule has 19 heavy (non-hydrogen) atoms. The molecule has 98 valence electrons. The molecule has 2 rings (SSSR count). The van der Waals surface area contributed by atoms with Gasteiger partial charge in [-0.25, -0.2) is 4.98 Å². The van der Waals surface area contributed by atoms with Gasteiger partial charge in [0, 0.05) is 25.0 Å². The number of anilines is 1. The van der Waals surface area contributed by atoms with Crippen molar-refractivity contribution in [3.63, 3.8) is 0 Å². The summed E-state index contributed by atoms with van der Waals surface area (Å²) < 4.78 is 5.85. The highest BCUT2D eigenvalue weighted by molar-refractivity contribution is 9.10. The molecule has 0 atom stereocenters. The maximum Gasteiger partial charge on any atom is 0.259 e. The molecule has 0 fully saturated rings. The predicted octanol–water partition coefficient (Wildman–Crippen LogP) is 3.13. The highest BCUT2D eigenvalue weighted by Gasteiger charge is 2.14. The minimum atomic E-state index is -0.117. The molecule has 1 aromatic heterocycles. The zero-order chi connectivity index (χ0) is 13.8. The van der Waals surface area contributed by atoms with Crippen LogP contribution < -0.4 is 9.64 Å². The van der Waals surface area contributed by atoms with Crippen LogP contribution in [0.4, 0.5) is 5.69 Å². The largest absolute Gasteiger partial charge is 0.497 e. The summed E-state index contributed by atoms with van der Waals surface area (Å²) in [4.78, 5) is 17.9. The zero-order valence-electron chi connectivity index (χ0n) is 10.6. The van der Waals surface area contributed by atoms with Gasteiger partial charge >= 0.3 is 0 Å². The van der Waals surface area contributed by atoms with Crippen molar-refractivity contribution >= 4 is 27.5 Å². The molecule has 4 nitrogen and oxygen atoms in total. The zero-order valence-corrected chi connectivity index (χ0v) is 12.2. The van der Waals surface area contributed by atoms with Crippen LogP contribution in [-0.2, 0) is 0 Å². The third-order valence-electron chi connectivity index (χ3n) is 2.72. The number of hydrogen-bond acceptors (Lipinski definition) is 3. The molecule has 0 radical (unpaired) electrons. The standard InChI is InChI=1S/C14H13BrN2O2/c1-17(11-4-3-5-12(8-11)19-2)14(18)10-6-7-13(15)16-9-10/h3-9H,1-2H3. The monoisotopic (exact) mass is 320 g/mol. The molecular weight excluding hydrogens is 308 g/mol. The number of nitrogens with zero attached hydrogens (tertiary/aromatic N) is 2. The lowest BCUT2D eigenvalue weighted by atomic mass is 10.2. The van der Waals surface area contributed by atoms with Crippen molar-refractivity contribution in [2.75, 3.05) is 19.1 Å².